The van der Waals surface area contributed by atoms with Crippen LogP contribution in [0.25, 0.3) is 0 Å². The Bertz CT molecular complexity index is 1170. The number of unbranched alkanes of at least 4 members (excludes halogenated alkanes) is 49. The van der Waals surface area contributed by atoms with Gasteiger partial charge in [-0.3, -0.25) is 9.59 Å². The van der Waals surface area contributed by atoms with E-state index in [-0.39, 0.29) is 18.5 Å². The Morgan fingerprint density at radius 3 is 0.960 bits per heavy atom. The van der Waals surface area contributed by atoms with Crippen molar-refractivity contribution in [1.29, 1.82) is 0 Å². The molecule has 0 aromatic rings. The van der Waals surface area contributed by atoms with Gasteiger partial charge in [-0.25, -0.2) is 0 Å². The van der Waals surface area contributed by atoms with Crippen LogP contribution in [0.4, 0.5) is 0 Å². The average molecular weight is 1060 g/mol. The Labute approximate surface area is 469 Å². The van der Waals surface area contributed by atoms with Crippen molar-refractivity contribution in [3.63, 3.8) is 0 Å². The van der Waals surface area contributed by atoms with E-state index in [1.165, 1.54) is 302 Å². The maximum atomic E-state index is 12.5. The zero-order valence-corrected chi connectivity index (χ0v) is 50.8. The highest BCUT2D eigenvalue weighted by atomic mass is 16.5. The lowest BCUT2D eigenvalue weighted by molar-refractivity contribution is -0.143. The smallest absolute Gasteiger partial charge is 0.305 e. The van der Waals surface area contributed by atoms with Crippen molar-refractivity contribution in [2.75, 3.05) is 13.2 Å². The molecule has 1 amide bonds. The number of aliphatic hydroxyl groups excluding tert-OH is 2. The molecular formula is C69H133NO5. The molecule has 0 aliphatic carbocycles. The molecule has 444 valence electrons. The predicted octanol–water partition coefficient (Wildman–Crippen LogP) is 21.8. The summed E-state index contributed by atoms with van der Waals surface area (Å²) in [6.45, 7) is 4.96. The van der Waals surface area contributed by atoms with E-state index in [2.05, 4.69) is 43.5 Å². The van der Waals surface area contributed by atoms with Crippen molar-refractivity contribution in [3.8, 4) is 0 Å². The van der Waals surface area contributed by atoms with Crippen LogP contribution in [-0.4, -0.2) is 47.4 Å². The van der Waals surface area contributed by atoms with E-state index < -0.39 is 12.1 Å². The van der Waals surface area contributed by atoms with E-state index in [4.69, 9.17) is 4.74 Å². The predicted molar refractivity (Wildman–Crippen MR) is 329 cm³/mol. The number of hydrogen-bond donors (Lipinski definition) is 3. The van der Waals surface area contributed by atoms with Gasteiger partial charge in [-0.1, -0.05) is 314 Å². The zero-order chi connectivity index (χ0) is 54.3. The number of allylic oxidation sites excluding steroid dienone is 4. The van der Waals surface area contributed by atoms with Crippen LogP contribution >= 0.6 is 0 Å². The Morgan fingerprint density at radius 2 is 0.627 bits per heavy atom. The van der Waals surface area contributed by atoms with Crippen molar-refractivity contribution >= 4 is 11.9 Å². The molecule has 75 heavy (non-hydrogen) atoms. The van der Waals surface area contributed by atoms with Crippen LogP contribution in [-0.2, 0) is 14.3 Å². The normalized spacial score (nSPS) is 12.6. The summed E-state index contributed by atoms with van der Waals surface area (Å²) >= 11 is 0. The van der Waals surface area contributed by atoms with Gasteiger partial charge in [-0.2, -0.15) is 0 Å². The Morgan fingerprint density at radius 1 is 0.360 bits per heavy atom. The van der Waals surface area contributed by atoms with Gasteiger partial charge in [0.2, 0.25) is 5.91 Å². The maximum absolute atomic E-state index is 12.5. The van der Waals surface area contributed by atoms with E-state index in [9.17, 15) is 19.8 Å². The molecule has 0 rings (SSSR count). The molecule has 0 spiro atoms. The molecule has 0 aromatic carbocycles. The van der Waals surface area contributed by atoms with Crippen LogP contribution < -0.4 is 5.32 Å². The molecule has 0 aliphatic rings. The molecule has 2 unspecified atom stereocenters. The minimum absolute atomic E-state index is 0.00881. The first-order chi connectivity index (χ1) is 37.0. The van der Waals surface area contributed by atoms with Gasteiger partial charge in [0.25, 0.3) is 0 Å². The maximum Gasteiger partial charge on any atom is 0.305 e. The van der Waals surface area contributed by atoms with E-state index in [0.717, 1.165) is 44.9 Å². The van der Waals surface area contributed by atoms with Crippen LogP contribution in [0, 0.1) is 0 Å². The monoisotopic (exact) mass is 1060 g/mol. The Hall–Kier alpha value is -1.66. The third kappa shape index (κ3) is 61.4. The van der Waals surface area contributed by atoms with Crippen LogP contribution in [0.2, 0.25) is 0 Å². The fourth-order valence-corrected chi connectivity index (χ4v) is 10.7. The third-order valence-electron chi connectivity index (χ3n) is 16.0. The van der Waals surface area contributed by atoms with Gasteiger partial charge in [0.1, 0.15) is 0 Å². The van der Waals surface area contributed by atoms with E-state index in [0.29, 0.717) is 25.9 Å². The summed E-state index contributed by atoms with van der Waals surface area (Å²) < 4.78 is 5.48. The first-order valence-electron chi connectivity index (χ1n) is 34.1. The minimum atomic E-state index is -0.662. The lowest BCUT2D eigenvalue weighted by atomic mass is 10.0. The average Bonchev–Trinajstić information content (AvgIpc) is 3.41. The Balaban J connectivity index is 3.35. The summed E-state index contributed by atoms with van der Waals surface area (Å²) in [6, 6.07) is -0.539. The summed E-state index contributed by atoms with van der Waals surface area (Å²) in [7, 11) is 0. The highest BCUT2D eigenvalue weighted by Gasteiger charge is 2.20. The van der Waals surface area contributed by atoms with Crippen LogP contribution in [0.3, 0.4) is 0 Å². The topological polar surface area (TPSA) is 95.9 Å². The first kappa shape index (κ1) is 73.3. The zero-order valence-electron chi connectivity index (χ0n) is 50.8. The van der Waals surface area contributed by atoms with Gasteiger partial charge in [0.05, 0.1) is 25.4 Å². The number of rotatable bonds is 64. The van der Waals surface area contributed by atoms with Gasteiger partial charge in [-0.15, -0.1) is 0 Å². The quantitative estimate of drug-likeness (QED) is 0.0320. The minimum Gasteiger partial charge on any atom is -0.466 e. The molecule has 0 saturated heterocycles. The van der Waals surface area contributed by atoms with Gasteiger partial charge < -0.3 is 20.3 Å². The highest BCUT2D eigenvalue weighted by molar-refractivity contribution is 5.76. The molecule has 0 radical (unpaired) electrons. The fraction of sp³-hybridized carbons (Fsp3) is 0.913. The summed E-state index contributed by atoms with van der Waals surface area (Å²) in [5.41, 5.74) is 0. The number of ether oxygens (including phenoxy) is 1. The highest BCUT2D eigenvalue weighted by Crippen LogP contribution is 2.18. The SMILES string of the molecule is CCCCCC/C=C\CCCCCCCC(=O)OCCCCCCCCCCCCCC/C=C\CCCCCCCCCCCCCCCCCC(=O)NC(CO)C(O)CCCCCCCCCCCCCCCC. The van der Waals surface area contributed by atoms with Crippen molar-refractivity contribution in [2.45, 2.75) is 392 Å². The van der Waals surface area contributed by atoms with Gasteiger partial charge in [0, 0.05) is 12.8 Å². The number of carbonyl (C=O) groups excluding carboxylic acids is 2. The first-order valence-corrected chi connectivity index (χ1v) is 34.1. The largest absolute Gasteiger partial charge is 0.466 e. The molecule has 3 N–H and O–H groups in total. The number of aliphatic hydroxyl groups is 2. The molecule has 0 heterocycles. The second-order valence-corrected chi connectivity index (χ2v) is 23.5. The number of amides is 1. The molecule has 0 fully saturated rings. The van der Waals surface area contributed by atoms with Crippen molar-refractivity contribution in [2.24, 2.45) is 0 Å². The second-order valence-electron chi connectivity index (χ2n) is 23.5. The van der Waals surface area contributed by atoms with E-state index in [1.54, 1.807) is 0 Å². The fourth-order valence-electron chi connectivity index (χ4n) is 10.7. The molecule has 6 heteroatoms. The van der Waals surface area contributed by atoms with Crippen LogP contribution in [0.15, 0.2) is 24.3 Å². The number of nitrogens with one attached hydrogen (secondary N) is 1. The molecule has 0 aromatic heterocycles. The van der Waals surface area contributed by atoms with Gasteiger partial charge in [0.15, 0.2) is 0 Å². The number of esters is 1. The summed E-state index contributed by atoms with van der Waals surface area (Å²) in [4.78, 5) is 24.5. The number of carbonyl (C=O) groups is 2. The van der Waals surface area contributed by atoms with Gasteiger partial charge >= 0.3 is 5.97 Å². The van der Waals surface area contributed by atoms with Crippen molar-refractivity contribution < 1.29 is 24.5 Å². The van der Waals surface area contributed by atoms with Crippen LogP contribution in [0.1, 0.15) is 380 Å². The second kappa shape index (κ2) is 64.9. The van der Waals surface area contributed by atoms with Gasteiger partial charge in [-0.05, 0) is 77.0 Å². The van der Waals surface area contributed by atoms with Crippen molar-refractivity contribution in [3.05, 3.63) is 24.3 Å². The lowest BCUT2D eigenvalue weighted by Crippen LogP contribution is -2.45. The Kier molecular flexibility index (Phi) is 63.4. The summed E-state index contributed by atoms with van der Waals surface area (Å²) in [6.07, 6.45) is 80.8. The third-order valence-corrected chi connectivity index (χ3v) is 16.0. The molecule has 0 aliphatic heterocycles. The van der Waals surface area contributed by atoms with E-state index >= 15 is 0 Å². The molecule has 2 atom stereocenters. The molecular weight excluding hydrogens is 923 g/mol. The molecule has 0 bridgehead atoms. The molecule has 0 saturated carbocycles. The van der Waals surface area contributed by atoms with Crippen LogP contribution in [0.5, 0.6) is 0 Å². The molecule has 6 nitrogen and oxygen atoms in total. The summed E-state index contributed by atoms with van der Waals surface area (Å²) in [5.74, 6) is -0.0218. The van der Waals surface area contributed by atoms with Crippen molar-refractivity contribution in [1.82, 2.24) is 5.32 Å². The lowest BCUT2D eigenvalue weighted by Gasteiger charge is -2.22. The van der Waals surface area contributed by atoms with E-state index in [1.807, 2.05) is 0 Å². The summed E-state index contributed by atoms with van der Waals surface area (Å²) in [5, 5.41) is 23.3. The number of hydrogen-bond acceptors (Lipinski definition) is 5. The standard InChI is InChI=1S/C69H133NO5/c1-3-5-7-9-11-13-15-17-38-41-45-49-53-57-61-67(72)66(65-71)70-68(73)62-58-54-50-46-42-39-35-33-31-29-27-25-23-21-19-18-20-22-24-26-28-30-32-34-36-40-44-48-52-56-60-64-75-69(74)63-59-55-51-47-43-37-16-14-12-10-8-6-4-2/h14,16,20,22,66-67,71-72H,3-13,15,17-19,21,23-65H2,1-2H3,(H,70,73)/b16-14-,22-20-.